The van der Waals surface area contributed by atoms with Crippen molar-refractivity contribution in [3.05, 3.63) is 40.4 Å². The van der Waals surface area contributed by atoms with Gasteiger partial charge >= 0.3 is 0 Å². The molecular formula is C19H18F2N4OS. The first-order valence-corrected chi connectivity index (χ1v) is 9.68. The summed E-state index contributed by atoms with van der Waals surface area (Å²) >= 11 is 1.14. The van der Waals surface area contributed by atoms with Crippen molar-refractivity contribution >= 4 is 28.1 Å². The van der Waals surface area contributed by atoms with Gasteiger partial charge in [0.2, 0.25) is 5.13 Å². The highest BCUT2D eigenvalue weighted by molar-refractivity contribution is 7.16. The molecule has 0 unspecified atom stereocenters. The monoisotopic (exact) mass is 388 g/mol. The van der Waals surface area contributed by atoms with Gasteiger partial charge in [0.05, 0.1) is 5.69 Å². The molecule has 2 aromatic rings. The van der Waals surface area contributed by atoms with Crippen LogP contribution in [-0.4, -0.2) is 16.9 Å². The molecule has 2 aliphatic carbocycles. The zero-order valence-electron chi connectivity index (χ0n) is 14.8. The molecule has 8 heteroatoms. The Bertz CT molecular complexity index is 922. The fourth-order valence-corrected chi connectivity index (χ4v) is 4.83. The van der Waals surface area contributed by atoms with Crippen LogP contribution in [0.25, 0.3) is 0 Å². The van der Waals surface area contributed by atoms with E-state index in [4.69, 9.17) is 0 Å². The largest absolute Gasteiger partial charge is 0.347 e. The van der Waals surface area contributed by atoms with Crippen LogP contribution < -0.4 is 10.2 Å². The topological polar surface area (TPSA) is 69.0 Å². The van der Waals surface area contributed by atoms with E-state index >= 15 is 0 Å². The third-order valence-electron chi connectivity index (χ3n) is 5.72. The molecule has 0 bridgehead atoms. The van der Waals surface area contributed by atoms with Crippen molar-refractivity contribution in [2.45, 2.75) is 45.1 Å². The molecule has 2 aliphatic rings. The third-order valence-corrected chi connectivity index (χ3v) is 6.68. The Kier molecular flexibility index (Phi) is 4.35. The molecule has 2 saturated carbocycles. The number of aryl methyl sites for hydroxylation is 1. The van der Waals surface area contributed by atoms with Gasteiger partial charge in [0.25, 0.3) is 5.91 Å². The van der Waals surface area contributed by atoms with Crippen molar-refractivity contribution in [1.29, 1.82) is 5.26 Å². The number of nitriles is 1. The van der Waals surface area contributed by atoms with Gasteiger partial charge in [-0.15, -0.1) is 11.3 Å². The molecule has 1 spiro atoms. The van der Waals surface area contributed by atoms with Crippen LogP contribution in [0.15, 0.2) is 18.2 Å². The Morgan fingerprint density at radius 2 is 2.04 bits per heavy atom. The van der Waals surface area contributed by atoms with Crippen molar-refractivity contribution in [3.8, 4) is 6.19 Å². The lowest BCUT2D eigenvalue weighted by Crippen LogP contribution is -2.58. The number of nitrogens with one attached hydrogen (secondary N) is 1. The minimum Gasteiger partial charge on any atom is -0.347 e. The Morgan fingerprint density at radius 3 is 2.56 bits per heavy atom. The molecule has 0 aliphatic heterocycles. The van der Waals surface area contributed by atoms with Crippen LogP contribution in [0.1, 0.15) is 47.5 Å². The smallest absolute Gasteiger partial charge is 0.271 e. The first-order valence-electron chi connectivity index (χ1n) is 8.86. The summed E-state index contributed by atoms with van der Waals surface area (Å²) in [4.78, 5) is 18.6. The number of benzene rings is 1. The summed E-state index contributed by atoms with van der Waals surface area (Å²) in [7, 11) is 0. The molecule has 5 nitrogen and oxygen atoms in total. The van der Waals surface area contributed by atoms with Crippen LogP contribution in [-0.2, 0) is 0 Å². The van der Waals surface area contributed by atoms with Crippen LogP contribution in [0.4, 0.5) is 19.6 Å². The molecule has 27 heavy (non-hydrogen) atoms. The van der Waals surface area contributed by atoms with Gasteiger partial charge in [-0.05, 0) is 50.2 Å². The fraction of sp³-hybridized carbons (Fsp3) is 0.421. The highest BCUT2D eigenvalue weighted by Gasteiger charge is 2.51. The van der Waals surface area contributed by atoms with Gasteiger partial charge in [0.15, 0.2) is 6.19 Å². The number of thiazole rings is 1. The fourth-order valence-electron chi connectivity index (χ4n) is 3.95. The summed E-state index contributed by atoms with van der Waals surface area (Å²) in [5, 5.41) is 12.7. The highest BCUT2D eigenvalue weighted by Crippen LogP contribution is 2.55. The van der Waals surface area contributed by atoms with Crippen molar-refractivity contribution in [2.75, 3.05) is 4.90 Å². The van der Waals surface area contributed by atoms with Crippen LogP contribution in [0.5, 0.6) is 0 Å². The van der Waals surface area contributed by atoms with Crippen LogP contribution >= 0.6 is 11.3 Å². The predicted molar refractivity (Wildman–Crippen MR) is 97.7 cm³/mol. The van der Waals surface area contributed by atoms with E-state index in [1.165, 1.54) is 6.42 Å². The number of carbonyl (C=O) groups is 1. The minimum absolute atomic E-state index is 0.0307. The van der Waals surface area contributed by atoms with Gasteiger partial charge in [-0.25, -0.2) is 18.7 Å². The maximum Gasteiger partial charge on any atom is 0.271 e. The maximum absolute atomic E-state index is 13.5. The maximum atomic E-state index is 13.5. The van der Waals surface area contributed by atoms with Gasteiger partial charge in [-0.3, -0.25) is 4.79 Å². The van der Waals surface area contributed by atoms with Crippen molar-refractivity contribution < 1.29 is 13.6 Å². The molecule has 1 aromatic carbocycles. The second-order valence-electron chi connectivity index (χ2n) is 7.24. The van der Waals surface area contributed by atoms with Crippen LogP contribution in [0.3, 0.4) is 0 Å². The van der Waals surface area contributed by atoms with Crippen molar-refractivity contribution in [1.82, 2.24) is 10.3 Å². The SMILES string of the molecule is Cc1sc(N(C#N)c2cc(F)cc(F)c2)nc1C(=O)N[C@@H]1CCC12CCC2. The van der Waals surface area contributed by atoms with E-state index in [1.54, 1.807) is 6.92 Å². The quantitative estimate of drug-likeness (QED) is 0.622. The first kappa shape index (κ1) is 17.9. The summed E-state index contributed by atoms with van der Waals surface area (Å²) in [5.41, 5.74) is 0.567. The lowest BCUT2D eigenvalue weighted by molar-refractivity contribution is -0.0147. The van der Waals surface area contributed by atoms with Gasteiger partial charge < -0.3 is 5.32 Å². The molecule has 0 saturated heterocycles. The highest BCUT2D eigenvalue weighted by atomic mass is 32.1. The summed E-state index contributed by atoms with van der Waals surface area (Å²) < 4.78 is 27.0. The molecule has 1 N–H and O–H groups in total. The van der Waals surface area contributed by atoms with Gasteiger partial charge in [0, 0.05) is 17.0 Å². The number of halogens is 2. The van der Waals surface area contributed by atoms with E-state index in [9.17, 15) is 18.8 Å². The van der Waals surface area contributed by atoms with Gasteiger partial charge in [-0.1, -0.05) is 6.42 Å². The van der Waals surface area contributed by atoms with Gasteiger partial charge in [0.1, 0.15) is 17.3 Å². The molecule has 4 rings (SSSR count). The molecule has 140 valence electrons. The first-order chi connectivity index (χ1) is 12.9. The van der Waals surface area contributed by atoms with E-state index in [2.05, 4.69) is 10.3 Å². The second-order valence-corrected chi connectivity index (χ2v) is 8.43. The van der Waals surface area contributed by atoms with E-state index < -0.39 is 11.6 Å². The summed E-state index contributed by atoms with van der Waals surface area (Å²) in [6.45, 7) is 1.75. The zero-order valence-corrected chi connectivity index (χ0v) is 15.6. The molecule has 1 amide bonds. The summed E-state index contributed by atoms with van der Waals surface area (Å²) in [6, 6.07) is 3.03. The number of anilines is 2. The molecule has 1 heterocycles. The van der Waals surface area contributed by atoms with Crippen molar-refractivity contribution in [2.24, 2.45) is 5.41 Å². The summed E-state index contributed by atoms with van der Waals surface area (Å²) in [6.07, 6.45) is 7.55. The van der Waals surface area contributed by atoms with Gasteiger partial charge in [-0.2, -0.15) is 5.26 Å². The molecule has 1 atom stereocenters. The van der Waals surface area contributed by atoms with Crippen LogP contribution in [0, 0.1) is 35.4 Å². The number of carbonyl (C=O) groups excluding carboxylic acids is 1. The van der Waals surface area contributed by atoms with E-state index in [1.807, 2.05) is 6.19 Å². The van der Waals surface area contributed by atoms with E-state index in [0.29, 0.717) is 4.88 Å². The Balaban J connectivity index is 1.56. The second kappa shape index (κ2) is 6.57. The molecule has 0 radical (unpaired) electrons. The molecular weight excluding hydrogens is 370 g/mol. The number of amides is 1. The molecule has 2 fully saturated rings. The molecule has 1 aromatic heterocycles. The third kappa shape index (κ3) is 3.06. The predicted octanol–water partition coefficient (Wildman–Crippen LogP) is 4.41. The number of hydrogen-bond donors (Lipinski definition) is 1. The Morgan fingerprint density at radius 1 is 1.33 bits per heavy atom. The number of nitrogens with zero attached hydrogens (tertiary/aromatic N) is 3. The van der Waals surface area contributed by atoms with E-state index in [0.717, 1.165) is 60.1 Å². The van der Waals surface area contributed by atoms with E-state index in [-0.39, 0.29) is 33.9 Å². The average Bonchev–Trinajstić information content (AvgIpc) is 2.91. The zero-order chi connectivity index (χ0) is 19.2. The Hall–Kier alpha value is -2.53. The lowest BCUT2D eigenvalue weighted by atomic mass is 9.53. The standard InChI is InChI=1S/C19H18F2N4OS/c1-11-16(17(26)23-15-3-6-19(15)4-2-5-19)24-18(27-11)25(10-22)14-8-12(20)7-13(21)9-14/h7-9,15H,2-6H2,1H3,(H,23,26)/t15-/m1/s1. The average molecular weight is 388 g/mol. The minimum atomic E-state index is -0.785. The normalized spacial score (nSPS) is 19.7. The Labute approximate surface area is 159 Å². The number of rotatable bonds is 4. The number of aromatic nitrogens is 1. The van der Waals surface area contributed by atoms with Crippen molar-refractivity contribution in [3.63, 3.8) is 0 Å². The lowest BCUT2D eigenvalue weighted by Gasteiger charge is -2.56. The van der Waals surface area contributed by atoms with Crippen LogP contribution in [0.2, 0.25) is 0 Å². The summed E-state index contributed by atoms with van der Waals surface area (Å²) in [5.74, 6) is -1.83. The number of hydrogen-bond acceptors (Lipinski definition) is 5.